The summed E-state index contributed by atoms with van der Waals surface area (Å²) in [5.41, 5.74) is 0. The molecule has 1 nitrogen and oxygen atoms in total. The second-order valence-corrected chi connectivity index (χ2v) is 4.50. The minimum atomic E-state index is 0.550. The molecule has 1 heteroatoms. The third kappa shape index (κ3) is 3.03. The van der Waals surface area contributed by atoms with Crippen LogP contribution in [0.2, 0.25) is 0 Å². The first kappa shape index (κ1) is 11.6. The molecule has 1 fully saturated rings. The summed E-state index contributed by atoms with van der Waals surface area (Å²) >= 11 is 0. The quantitative estimate of drug-likeness (QED) is 0.677. The molecule has 0 spiro atoms. The highest BCUT2D eigenvalue weighted by Crippen LogP contribution is 2.33. The van der Waals surface area contributed by atoms with Crippen molar-refractivity contribution < 1.29 is 0 Å². The molecule has 1 aliphatic rings. The average molecular weight is 193 g/mol. The summed E-state index contributed by atoms with van der Waals surface area (Å²) in [6, 6.07) is 0.550. The Labute approximate surface area is 88.7 Å². The summed E-state index contributed by atoms with van der Waals surface area (Å²) in [7, 11) is 2.04. The Morgan fingerprint density at radius 3 is 2.86 bits per heavy atom. The number of rotatable bonds is 4. The van der Waals surface area contributed by atoms with Crippen LogP contribution in [0.4, 0.5) is 0 Å². The smallest absolute Gasteiger partial charge is 0.0243 e. The SMILES string of the molecule is C#CCC(NC)C1CCCC(CC)C1. The number of hydrogen-bond donors (Lipinski definition) is 1. The van der Waals surface area contributed by atoms with E-state index < -0.39 is 0 Å². The van der Waals surface area contributed by atoms with E-state index in [0.29, 0.717) is 6.04 Å². The molecular weight excluding hydrogens is 170 g/mol. The largest absolute Gasteiger partial charge is 0.316 e. The van der Waals surface area contributed by atoms with Crippen molar-refractivity contribution in [3.05, 3.63) is 0 Å². The van der Waals surface area contributed by atoms with Gasteiger partial charge in [-0.05, 0) is 31.7 Å². The molecule has 0 radical (unpaired) electrons. The van der Waals surface area contributed by atoms with Crippen LogP contribution in [0.5, 0.6) is 0 Å². The van der Waals surface area contributed by atoms with Gasteiger partial charge in [0.1, 0.15) is 0 Å². The molecule has 0 aromatic heterocycles. The second-order valence-electron chi connectivity index (χ2n) is 4.50. The molecule has 3 atom stereocenters. The summed E-state index contributed by atoms with van der Waals surface area (Å²) in [5.74, 6) is 4.55. The standard InChI is InChI=1S/C13H23N/c1-4-7-13(14-3)12-9-6-8-11(5-2)10-12/h1,11-14H,5-10H2,2-3H3. The lowest BCUT2D eigenvalue weighted by Gasteiger charge is -2.33. The zero-order chi connectivity index (χ0) is 10.4. The van der Waals surface area contributed by atoms with Gasteiger partial charge in [-0.3, -0.25) is 0 Å². The molecular formula is C13H23N. The van der Waals surface area contributed by atoms with E-state index >= 15 is 0 Å². The Morgan fingerprint density at radius 2 is 2.29 bits per heavy atom. The molecule has 80 valence electrons. The van der Waals surface area contributed by atoms with Crippen molar-refractivity contribution in [2.75, 3.05) is 7.05 Å². The lowest BCUT2D eigenvalue weighted by molar-refractivity contribution is 0.215. The van der Waals surface area contributed by atoms with Gasteiger partial charge in [-0.2, -0.15) is 0 Å². The molecule has 14 heavy (non-hydrogen) atoms. The van der Waals surface area contributed by atoms with Crippen molar-refractivity contribution in [3.8, 4) is 12.3 Å². The molecule has 0 aliphatic heterocycles. The fourth-order valence-electron chi connectivity index (χ4n) is 2.70. The summed E-state index contributed by atoms with van der Waals surface area (Å²) in [6.07, 6.45) is 13.2. The van der Waals surface area contributed by atoms with Gasteiger partial charge in [0.05, 0.1) is 0 Å². The van der Waals surface area contributed by atoms with Crippen LogP contribution in [-0.4, -0.2) is 13.1 Å². The van der Waals surface area contributed by atoms with E-state index in [9.17, 15) is 0 Å². The van der Waals surface area contributed by atoms with Gasteiger partial charge < -0.3 is 5.32 Å². The minimum Gasteiger partial charge on any atom is -0.316 e. The highest BCUT2D eigenvalue weighted by molar-refractivity contribution is 4.93. The first-order chi connectivity index (χ1) is 6.81. The van der Waals surface area contributed by atoms with Crippen LogP contribution < -0.4 is 5.32 Å². The van der Waals surface area contributed by atoms with Crippen LogP contribution in [-0.2, 0) is 0 Å². The van der Waals surface area contributed by atoms with Crippen molar-refractivity contribution in [3.63, 3.8) is 0 Å². The van der Waals surface area contributed by atoms with E-state index in [-0.39, 0.29) is 0 Å². The van der Waals surface area contributed by atoms with E-state index in [2.05, 4.69) is 18.2 Å². The molecule has 1 aliphatic carbocycles. The Hall–Kier alpha value is -0.480. The van der Waals surface area contributed by atoms with Crippen molar-refractivity contribution in [1.29, 1.82) is 0 Å². The number of nitrogens with one attached hydrogen (secondary N) is 1. The van der Waals surface area contributed by atoms with E-state index in [0.717, 1.165) is 18.3 Å². The zero-order valence-electron chi connectivity index (χ0n) is 9.55. The predicted octanol–water partition coefficient (Wildman–Crippen LogP) is 2.81. The molecule has 0 bridgehead atoms. The van der Waals surface area contributed by atoms with E-state index in [1.54, 1.807) is 0 Å². The van der Waals surface area contributed by atoms with Crippen molar-refractivity contribution in [1.82, 2.24) is 5.32 Å². The normalized spacial score (nSPS) is 29.5. The molecule has 3 unspecified atom stereocenters. The summed E-state index contributed by atoms with van der Waals surface area (Å²) < 4.78 is 0. The van der Waals surface area contributed by atoms with Gasteiger partial charge in [0.15, 0.2) is 0 Å². The van der Waals surface area contributed by atoms with Gasteiger partial charge >= 0.3 is 0 Å². The lowest BCUT2D eigenvalue weighted by atomic mass is 9.76. The van der Waals surface area contributed by atoms with E-state index in [4.69, 9.17) is 6.42 Å². The molecule has 0 aromatic carbocycles. The van der Waals surface area contributed by atoms with Gasteiger partial charge in [-0.25, -0.2) is 0 Å². The second kappa shape index (κ2) is 6.09. The monoisotopic (exact) mass is 193 g/mol. The van der Waals surface area contributed by atoms with Gasteiger partial charge in [-0.15, -0.1) is 12.3 Å². The molecule has 0 aromatic rings. The van der Waals surface area contributed by atoms with Crippen molar-refractivity contribution >= 4 is 0 Å². The maximum Gasteiger partial charge on any atom is 0.0243 e. The Morgan fingerprint density at radius 1 is 1.50 bits per heavy atom. The molecule has 1 N–H and O–H groups in total. The van der Waals surface area contributed by atoms with Crippen LogP contribution in [0.1, 0.15) is 45.4 Å². The van der Waals surface area contributed by atoms with Gasteiger partial charge in [0.25, 0.3) is 0 Å². The summed E-state index contributed by atoms with van der Waals surface area (Å²) in [5, 5.41) is 3.37. The van der Waals surface area contributed by atoms with Crippen molar-refractivity contribution in [2.45, 2.75) is 51.5 Å². The molecule has 0 heterocycles. The van der Waals surface area contributed by atoms with Gasteiger partial charge in [0, 0.05) is 12.5 Å². The topological polar surface area (TPSA) is 12.0 Å². The molecule has 0 saturated heterocycles. The maximum absolute atomic E-state index is 5.39. The Balaban J connectivity index is 2.45. The summed E-state index contributed by atoms with van der Waals surface area (Å²) in [6.45, 7) is 2.31. The average Bonchev–Trinajstić information content (AvgIpc) is 2.26. The fraction of sp³-hybridized carbons (Fsp3) is 0.846. The van der Waals surface area contributed by atoms with Crippen LogP contribution in [0.3, 0.4) is 0 Å². The summed E-state index contributed by atoms with van der Waals surface area (Å²) in [4.78, 5) is 0. The van der Waals surface area contributed by atoms with Crippen LogP contribution in [0, 0.1) is 24.2 Å². The van der Waals surface area contributed by atoms with Crippen LogP contribution in [0.15, 0.2) is 0 Å². The highest BCUT2D eigenvalue weighted by atomic mass is 14.9. The molecule has 1 saturated carbocycles. The van der Waals surface area contributed by atoms with Crippen LogP contribution in [0.25, 0.3) is 0 Å². The van der Waals surface area contributed by atoms with Gasteiger partial charge in [-0.1, -0.05) is 26.2 Å². The highest BCUT2D eigenvalue weighted by Gasteiger charge is 2.26. The number of hydrogen-bond acceptors (Lipinski definition) is 1. The third-order valence-corrected chi connectivity index (χ3v) is 3.68. The zero-order valence-corrected chi connectivity index (χ0v) is 9.55. The number of terminal acetylenes is 1. The van der Waals surface area contributed by atoms with Gasteiger partial charge in [0.2, 0.25) is 0 Å². The Kier molecular flexibility index (Phi) is 5.04. The fourth-order valence-corrected chi connectivity index (χ4v) is 2.70. The Bertz CT molecular complexity index is 192. The lowest BCUT2D eigenvalue weighted by Crippen LogP contribution is -2.36. The van der Waals surface area contributed by atoms with E-state index in [1.807, 2.05) is 7.05 Å². The maximum atomic E-state index is 5.39. The molecule has 1 rings (SSSR count). The predicted molar refractivity (Wildman–Crippen MR) is 62.0 cm³/mol. The molecule has 0 amide bonds. The first-order valence-corrected chi connectivity index (χ1v) is 5.92. The first-order valence-electron chi connectivity index (χ1n) is 5.92. The third-order valence-electron chi connectivity index (χ3n) is 3.68. The van der Waals surface area contributed by atoms with Crippen LogP contribution >= 0.6 is 0 Å². The minimum absolute atomic E-state index is 0.550. The van der Waals surface area contributed by atoms with Crippen molar-refractivity contribution in [2.24, 2.45) is 11.8 Å². The van der Waals surface area contributed by atoms with E-state index in [1.165, 1.54) is 32.1 Å².